The molecule has 1 aromatic heterocycles. The van der Waals surface area contributed by atoms with Gasteiger partial charge in [0.2, 0.25) is 0 Å². The smallest absolute Gasteiger partial charge is 0.339 e. The van der Waals surface area contributed by atoms with E-state index in [9.17, 15) is 4.79 Å². The number of hydrogen-bond donors (Lipinski definition) is 0. The number of methoxy groups -OCH3 is 1. The van der Waals surface area contributed by atoms with Crippen LogP contribution in [0.3, 0.4) is 0 Å². The zero-order chi connectivity index (χ0) is 12.8. The number of ether oxygens (including phenoxy) is 1. The van der Waals surface area contributed by atoms with Crippen molar-refractivity contribution >= 4 is 34.6 Å². The molecule has 0 aliphatic rings. The Bertz CT molecular complexity index is 530. The zero-order valence-electron chi connectivity index (χ0n) is 9.83. The third kappa shape index (κ3) is 3.24. The maximum absolute atomic E-state index is 11.7. The highest BCUT2D eigenvalue weighted by Crippen LogP contribution is 2.26. The SMILES string of the molecule is COC(=O)/C(=C\Sc1ccccc1)c1ccsc1. The lowest BCUT2D eigenvalue weighted by atomic mass is 10.2. The van der Waals surface area contributed by atoms with Gasteiger partial charge in [-0.25, -0.2) is 4.79 Å². The summed E-state index contributed by atoms with van der Waals surface area (Å²) in [7, 11) is 1.40. The van der Waals surface area contributed by atoms with Gasteiger partial charge >= 0.3 is 5.97 Å². The number of esters is 1. The van der Waals surface area contributed by atoms with Gasteiger partial charge in [-0.05, 0) is 34.4 Å². The van der Waals surface area contributed by atoms with E-state index in [1.54, 1.807) is 11.3 Å². The molecule has 0 aliphatic carbocycles. The quantitative estimate of drug-likeness (QED) is 0.478. The van der Waals surface area contributed by atoms with Crippen molar-refractivity contribution in [3.8, 4) is 0 Å². The first-order valence-electron chi connectivity index (χ1n) is 5.34. The number of rotatable bonds is 4. The van der Waals surface area contributed by atoms with E-state index in [1.165, 1.54) is 18.9 Å². The lowest BCUT2D eigenvalue weighted by molar-refractivity contribution is -0.133. The Morgan fingerprint density at radius 2 is 2.06 bits per heavy atom. The molecule has 0 radical (unpaired) electrons. The Morgan fingerprint density at radius 1 is 1.28 bits per heavy atom. The minimum absolute atomic E-state index is 0.308. The normalized spacial score (nSPS) is 11.3. The van der Waals surface area contributed by atoms with Gasteiger partial charge in [-0.2, -0.15) is 11.3 Å². The number of thioether (sulfide) groups is 1. The number of thiophene rings is 1. The van der Waals surface area contributed by atoms with Crippen molar-refractivity contribution in [3.05, 3.63) is 58.1 Å². The first-order valence-corrected chi connectivity index (χ1v) is 7.16. The Balaban J connectivity index is 2.22. The Labute approximate surface area is 114 Å². The molecule has 4 heteroatoms. The monoisotopic (exact) mass is 276 g/mol. The maximum atomic E-state index is 11.7. The summed E-state index contributed by atoms with van der Waals surface area (Å²) in [5.74, 6) is -0.308. The van der Waals surface area contributed by atoms with Gasteiger partial charge in [0.25, 0.3) is 0 Å². The predicted molar refractivity (Wildman–Crippen MR) is 76.6 cm³/mol. The average molecular weight is 276 g/mol. The van der Waals surface area contributed by atoms with Crippen LogP contribution in [0.25, 0.3) is 5.57 Å². The van der Waals surface area contributed by atoms with Crippen molar-refractivity contribution in [2.45, 2.75) is 4.90 Å². The van der Waals surface area contributed by atoms with Gasteiger partial charge in [0, 0.05) is 10.5 Å². The van der Waals surface area contributed by atoms with E-state index in [2.05, 4.69) is 0 Å². The molecule has 0 bridgehead atoms. The fourth-order valence-corrected chi connectivity index (χ4v) is 2.84. The second-order valence-corrected chi connectivity index (χ2v) is 5.19. The highest BCUT2D eigenvalue weighted by Gasteiger charge is 2.12. The first kappa shape index (κ1) is 12.9. The van der Waals surface area contributed by atoms with Crippen LogP contribution in [0.2, 0.25) is 0 Å². The average Bonchev–Trinajstić information content (AvgIpc) is 2.94. The fourth-order valence-electron chi connectivity index (χ4n) is 1.39. The fraction of sp³-hybridized carbons (Fsp3) is 0.0714. The summed E-state index contributed by atoms with van der Waals surface area (Å²) in [5, 5.41) is 5.72. The van der Waals surface area contributed by atoms with Crippen LogP contribution < -0.4 is 0 Å². The van der Waals surface area contributed by atoms with Crippen LogP contribution >= 0.6 is 23.1 Å². The lowest BCUT2D eigenvalue weighted by Crippen LogP contribution is -2.02. The van der Waals surface area contributed by atoms with Crippen molar-refractivity contribution in [2.24, 2.45) is 0 Å². The van der Waals surface area contributed by atoms with Crippen LogP contribution in [0, 0.1) is 0 Å². The molecule has 0 fully saturated rings. The topological polar surface area (TPSA) is 26.3 Å². The molecule has 0 saturated heterocycles. The molecule has 0 atom stereocenters. The van der Waals surface area contributed by atoms with Gasteiger partial charge in [0.15, 0.2) is 0 Å². The summed E-state index contributed by atoms with van der Waals surface area (Å²) >= 11 is 3.07. The van der Waals surface area contributed by atoms with E-state index in [4.69, 9.17) is 4.74 Å². The van der Waals surface area contributed by atoms with Crippen molar-refractivity contribution in [1.29, 1.82) is 0 Å². The number of benzene rings is 1. The van der Waals surface area contributed by atoms with Crippen LogP contribution in [-0.2, 0) is 9.53 Å². The van der Waals surface area contributed by atoms with Gasteiger partial charge in [-0.1, -0.05) is 30.0 Å². The molecule has 0 spiro atoms. The number of carbonyl (C=O) groups excluding carboxylic acids is 1. The summed E-state index contributed by atoms with van der Waals surface area (Å²) in [6, 6.07) is 11.8. The van der Waals surface area contributed by atoms with Crippen molar-refractivity contribution in [2.75, 3.05) is 7.11 Å². The third-order valence-corrected chi connectivity index (χ3v) is 3.87. The molecule has 2 aromatic rings. The second kappa shape index (κ2) is 6.42. The highest BCUT2D eigenvalue weighted by atomic mass is 32.2. The van der Waals surface area contributed by atoms with Gasteiger partial charge in [0.05, 0.1) is 12.7 Å². The van der Waals surface area contributed by atoms with Crippen molar-refractivity contribution in [1.82, 2.24) is 0 Å². The van der Waals surface area contributed by atoms with Crippen LogP contribution in [0.15, 0.2) is 57.5 Å². The Morgan fingerprint density at radius 3 is 2.67 bits per heavy atom. The van der Waals surface area contributed by atoms with E-state index in [0.717, 1.165) is 10.5 Å². The summed E-state index contributed by atoms with van der Waals surface area (Å²) in [6.07, 6.45) is 0. The van der Waals surface area contributed by atoms with Gasteiger partial charge in [0.1, 0.15) is 0 Å². The predicted octanol–water partition coefficient (Wildman–Crippen LogP) is 4.05. The van der Waals surface area contributed by atoms with Crippen LogP contribution in [0.1, 0.15) is 5.56 Å². The molecule has 0 unspecified atom stereocenters. The molecule has 2 rings (SSSR count). The molecule has 2 nitrogen and oxygen atoms in total. The molecule has 0 aliphatic heterocycles. The van der Waals surface area contributed by atoms with Crippen molar-refractivity contribution < 1.29 is 9.53 Å². The Kier molecular flexibility index (Phi) is 4.61. The summed E-state index contributed by atoms with van der Waals surface area (Å²) < 4.78 is 4.81. The molecule has 0 saturated carbocycles. The largest absolute Gasteiger partial charge is 0.465 e. The van der Waals surface area contributed by atoms with E-state index in [1.807, 2.05) is 52.6 Å². The summed E-state index contributed by atoms with van der Waals surface area (Å²) in [4.78, 5) is 12.8. The number of carbonyl (C=O) groups is 1. The third-order valence-electron chi connectivity index (χ3n) is 2.29. The maximum Gasteiger partial charge on any atom is 0.339 e. The standard InChI is InChI=1S/C14H12O2S2/c1-16-14(15)13(11-7-8-17-9-11)10-18-12-5-3-2-4-6-12/h2-10H,1H3/b13-10-. The molecule has 0 N–H and O–H groups in total. The Hall–Kier alpha value is -1.52. The minimum atomic E-state index is -0.308. The molecule has 18 heavy (non-hydrogen) atoms. The van der Waals surface area contributed by atoms with Gasteiger partial charge in [-0.15, -0.1) is 0 Å². The molecule has 1 heterocycles. The lowest BCUT2D eigenvalue weighted by Gasteiger charge is -2.03. The van der Waals surface area contributed by atoms with E-state index >= 15 is 0 Å². The molecular weight excluding hydrogens is 264 g/mol. The number of hydrogen-bond acceptors (Lipinski definition) is 4. The van der Waals surface area contributed by atoms with E-state index in [-0.39, 0.29) is 5.97 Å². The molecule has 92 valence electrons. The summed E-state index contributed by atoms with van der Waals surface area (Å²) in [6.45, 7) is 0. The molecule has 0 amide bonds. The van der Waals surface area contributed by atoms with Crippen LogP contribution in [0.4, 0.5) is 0 Å². The van der Waals surface area contributed by atoms with E-state index in [0.29, 0.717) is 5.57 Å². The zero-order valence-corrected chi connectivity index (χ0v) is 11.5. The minimum Gasteiger partial charge on any atom is -0.465 e. The first-order chi connectivity index (χ1) is 8.81. The summed E-state index contributed by atoms with van der Waals surface area (Å²) in [5.41, 5.74) is 1.49. The van der Waals surface area contributed by atoms with E-state index < -0.39 is 0 Å². The molecular formula is C14H12O2S2. The highest BCUT2D eigenvalue weighted by molar-refractivity contribution is 8.02. The second-order valence-electron chi connectivity index (χ2n) is 3.47. The van der Waals surface area contributed by atoms with Crippen molar-refractivity contribution in [3.63, 3.8) is 0 Å². The molecule has 1 aromatic carbocycles. The van der Waals surface area contributed by atoms with Gasteiger partial charge < -0.3 is 4.74 Å². The van der Waals surface area contributed by atoms with Gasteiger partial charge in [-0.3, -0.25) is 0 Å². The van der Waals surface area contributed by atoms with Crippen LogP contribution in [0.5, 0.6) is 0 Å². The van der Waals surface area contributed by atoms with Crippen LogP contribution in [-0.4, -0.2) is 13.1 Å².